The van der Waals surface area contributed by atoms with Gasteiger partial charge in [-0.3, -0.25) is 0 Å². The molecule has 14 heavy (non-hydrogen) atoms. The van der Waals surface area contributed by atoms with Crippen molar-refractivity contribution in [3.05, 3.63) is 11.8 Å². The average Bonchev–Trinajstić information content (AvgIpc) is 2.16. The van der Waals surface area contributed by atoms with Crippen LogP contribution in [0.2, 0.25) is 0 Å². The molecule has 84 valence electrons. The highest BCUT2D eigenvalue weighted by Gasteiger charge is 2.11. The molecule has 1 N–H and O–H groups in total. The zero-order valence-electron chi connectivity index (χ0n) is 9.77. The summed E-state index contributed by atoms with van der Waals surface area (Å²) in [7, 11) is 3.33. The first-order chi connectivity index (χ1) is 6.61. The fourth-order valence-electron chi connectivity index (χ4n) is 1.31. The van der Waals surface area contributed by atoms with E-state index in [0.717, 1.165) is 31.4 Å². The van der Waals surface area contributed by atoms with E-state index in [9.17, 15) is 4.53 Å². The molecule has 2 nitrogen and oxygen atoms in total. The fraction of sp³-hybridized carbons (Fsp3) is 0.818. The van der Waals surface area contributed by atoms with E-state index < -0.39 is 0 Å². The largest absolute Gasteiger partial charge is 0.336 e. The maximum atomic E-state index is 12.8. The first kappa shape index (κ1) is 13.4. The molecule has 0 amide bonds. The van der Waals surface area contributed by atoms with Crippen molar-refractivity contribution in [1.29, 1.82) is 0 Å². The van der Waals surface area contributed by atoms with Gasteiger partial charge in [-0.05, 0) is 33.2 Å². The molecule has 0 aromatic rings. The molecule has 0 aliphatic carbocycles. The number of halogens is 1. The minimum Gasteiger partial charge on any atom is -0.336 e. The Labute approximate surface area is 86.7 Å². The lowest BCUT2D eigenvalue weighted by Crippen LogP contribution is -2.20. The highest BCUT2D eigenvalue weighted by molar-refractivity contribution is 4.92. The number of hydrogen-bond acceptors (Lipinski definition) is 1. The Kier molecular flexibility index (Phi) is 7.48. The Bertz CT molecular complexity index is 169. The maximum absolute atomic E-state index is 12.8. The van der Waals surface area contributed by atoms with Crippen LogP contribution in [0.3, 0.4) is 0 Å². The molecule has 0 fully saturated rings. The van der Waals surface area contributed by atoms with E-state index in [1.54, 1.807) is 0 Å². The van der Waals surface area contributed by atoms with Gasteiger partial charge in [0.15, 0.2) is 4.53 Å². The topological polar surface area (TPSA) is 14.7 Å². The lowest BCUT2D eigenvalue weighted by Gasteiger charge is -2.10. The van der Waals surface area contributed by atoms with Crippen LogP contribution in [0, 0.1) is 0 Å². The van der Waals surface area contributed by atoms with Gasteiger partial charge in [0.2, 0.25) is 7.11 Å². The lowest BCUT2D eigenvalue weighted by atomic mass is 10.1. The summed E-state index contributed by atoms with van der Waals surface area (Å²) in [5, 5.41) is 3.17. The Balaban J connectivity index is 3.78. The van der Waals surface area contributed by atoms with E-state index in [1.165, 1.54) is 11.7 Å². The van der Waals surface area contributed by atoms with Gasteiger partial charge in [-0.25, -0.2) is 0 Å². The van der Waals surface area contributed by atoms with Crippen molar-refractivity contribution < 1.29 is 9.10 Å². The van der Waals surface area contributed by atoms with Gasteiger partial charge in [-0.1, -0.05) is 6.92 Å². The molecule has 0 radical (unpaired) electrons. The van der Waals surface area contributed by atoms with Crippen LogP contribution in [0.15, 0.2) is 11.8 Å². The van der Waals surface area contributed by atoms with Crippen LogP contribution in [0.5, 0.6) is 0 Å². The van der Waals surface area contributed by atoms with Crippen LogP contribution < -0.4 is 5.32 Å². The third kappa shape index (κ3) is 5.97. The van der Waals surface area contributed by atoms with Crippen LogP contribution in [0.1, 0.15) is 39.5 Å². The zero-order chi connectivity index (χ0) is 11.0. The number of rotatable bonds is 7. The summed E-state index contributed by atoms with van der Waals surface area (Å²) in [5.41, 5.74) is 0. The Hall–Kier alpha value is -0.570. The van der Waals surface area contributed by atoms with Gasteiger partial charge in [-0.15, -0.1) is 0 Å². The third-order valence-electron chi connectivity index (χ3n) is 2.35. The third-order valence-corrected chi connectivity index (χ3v) is 2.35. The first-order valence-corrected chi connectivity index (χ1v) is 5.30. The van der Waals surface area contributed by atoms with Gasteiger partial charge in [0, 0.05) is 12.1 Å². The quantitative estimate of drug-likeness (QED) is 0.497. The second kappa shape index (κ2) is 7.80. The molecule has 1 unspecified atom stereocenters. The standard InChI is InChI=1S/C11H23FNO/c1-5-7-11(14(4)12)9-6-8-10(2)13-3/h7,10,13H,5-6,8-9H2,1-4H3/q+1. The molecule has 0 rings (SSSR count). The summed E-state index contributed by atoms with van der Waals surface area (Å²) >= 11 is 0. The van der Waals surface area contributed by atoms with Gasteiger partial charge in [0.1, 0.15) is 0 Å². The van der Waals surface area contributed by atoms with Crippen molar-refractivity contribution >= 4 is 0 Å². The van der Waals surface area contributed by atoms with Gasteiger partial charge >= 0.3 is 0 Å². The number of hydrogen-bond donors (Lipinski definition) is 1. The smallest absolute Gasteiger partial charge is 0.277 e. The van der Waals surface area contributed by atoms with Crippen LogP contribution >= 0.6 is 0 Å². The summed E-state index contributed by atoms with van der Waals surface area (Å²) in [4.78, 5) is 0. The van der Waals surface area contributed by atoms with E-state index in [4.69, 9.17) is 0 Å². The van der Waals surface area contributed by atoms with Crippen LogP contribution in [-0.4, -0.2) is 20.2 Å². The molecular formula is C11H23FNO+. The van der Waals surface area contributed by atoms with Crippen molar-refractivity contribution in [2.45, 2.75) is 45.6 Å². The molecular weight excluding hydrogens is 181 g/mol. The predicted octanol–water partition coefficient (Wildman–Crippen LogP) is 3.13. The maximum Gasteiger partial charge on any atom is 0.277 e. The zero-order valence-corrected chi connectivity index (χ0v) is 9.77. The van der Waals surface area contributed by atoms with E-state index in [2.05, 4.69) is 12.2 Å². The predicted molar refractivity (Wildman–Crippen MR) is 58.9 cm³/mol. The second-order valence-electron chi connectivity index (χ2n) is 3.60. The number of allylic oxidation sites excluding steroid dienone is 2. The highest BCUT2D eigenvalue weighted by Crippen LogP contribution is 2.17. The molecule has 0 saturated heterocycles. The number of nitrogens with one attached hydrogen (secondary N) is 1. The SMILES string of the molecule is CCC=C(CCCC(C)NC)[O+](C)F. The summed E-state index contributed by atoms with van der Waals surface area (Å²) in [5.74, 6) is 0.718. The van der Waals surface area contributed by atoms with Crippen LogP contribution in [0.4, 0.5) is 4.53 Å². The van der Waals surface area contributed by atoms with E-state index >= 15 is 0 Å². The Morgan fingerprint density at radius 2 is 2.21 bits per heavy atom. The van der Waals surface area contributed by atoms with E-state index in [0.29, 0.717) is 6.04 Å². The molecule has 0 aliphatic heterocycles. The lowest BCUT2D eigenvalue weighted by molar-refractivity contribution is -0.277. The average molecular weight is 204 g/mol. The molecule has 3 heteroatoms. The monoisotopic (exact) mass is 204 g/mol. The van der Waals surface area contributed by atoms with Crippen molar-refractivity contribution in [3.63, 3.8) is 0 Å². The Morgan fingerprint density at radius 1 is 1.57 bits per heavy atom. The Morgan fingerprint density at radius 3 is 2.64 bits per heavy atom. The summed E-state index contributed by atoms with van der Waals surface area (Å²) in [6.45, 7) is 4.15. The van der Waals surface area contributed by atoms with Crippen molar-refractivity contribution in [2.75, 3.05) is 14.2 Å². The van der Waals surface area contributed by atoms with Gasteiger partial charge in [0.25, 0.3) is 5.76 Å². The summed E-state index contributed by atoms with van der Waals surface area (Å²) in [6, 6.07) is 0.507. The molecule has 0 aliphatic rings. The molecule has 0 heterocycles. The highest BCUT2D eigenvalue weighted by atomic mass is 19.3. The molecule has 0 bridgehead atoms. The molecule has 1 atom stereocenters. The van der Waals surface area contributed by atoms with Crippen molar-refractivity contribution in [2.24, 2.45) is 0 Å². The summed E-state index contributed by atoms with van der Waals surface area (Å²) < 4.78 is 14.3. The minimum absolute atomic E-state index is 0.507. The van der Waals surface area contributed by atoms with Crippen molar-refractivity contribution in [3.8, 4) is 0 Å². The fourth-order valence-corrected chi connectivity index (χ4v) is 1.31. The first-order valence-electron chi connectivity index (χ1n) is 5.30. The molecule has 0 spiro atoms. The van der Waals surface area contributed by atoms with E-state index in [1.807, 2.05) is 20.0 Å². The summed E-state index contributed by atoms with van der Waals surface area (Å²) in [6.07, 6.45) is 5.66. The normalized spacial score (nSPS) is 14.2. The van der Waals surface area contributed by atoms with Gasteiger partial charge in [0.05, 0.1) is 6.42 Å². The van der Waals surface area contributed by atoms with Crippen LogP contribution in [0.25, 0.3) is 0 Å². The minimum atomic E-state index is 0.507. The van der Waals surface area contributed by atoms with Gasteiger partial charge in [-0.2, -0.15) is 0 Å². The van der Waals surface area contributed by atoms with E-state index in [-0.39, 0.29) is 0 Å². The van der Waals surface area contributed by atoms with Gasteiger partial charge < -0.3 is 9.89 Å². The molecule has 0 aromatic carbocycles. The van der Waals surface area contributed by atoms with Crippen molar-refractivity contribution in [1.82, 2.24) is 5.32 Å². The van der Waals surface area contributed by atoms with Crippen LogP contribution in [-0.2, 0) is 4.57 Å². The second-order valence-corrected chi connectivity index (χ2v) is 3.60. The molecule has 0 aromatic heterocycles. The molecule has 0 saturated carbocycles.